The summed E-state index contributed by atoms with van der Waals surface area (Å²) in [6.45, 7) is 4.26. The number of benzene rings is 1. The van der Waals surface area contributed by atoms with Crippen molar-refractivity contribution in [3.8, 4) is 17.2 Å². The number of rotatable bonds is 2. The molecule has 0 atom stereocenters. The lowest BCUT2D eigenvalue weighted by atomic mass is 9.97. The van der Waals surface area contributed by atoms with Crippen molar-refractivity contribution in [1.29, 1.82) is 5.26 Å². The van der Waals surface area contributed by atoms with Crippen LogP contribution >= 0.6 is 0 Å². The van der Waals surface area contributed by atoms with Crippen molar-refractivity contribution in [3.63, 3.8) is 0 Å². The first kappa shape index (κ1) is 13.6. The van der Waals surface area contributed by atoms with Gasteiger partial charge in [0.2, 0.25) is 0 Å². The first-order valence-corrected chi connectivity index (χ1v) is 7.49. The number of aromatic nitrogens is 1. The number of anilines is 1. The second-order valence-electron chi connectivity index (χ2n) is 5.70. The lowest BCUT2D eigenvalue weighted by Gasteiger charge is -2.32. The van der Waals surface area contributed by atoms with Gasteiger partial charge in [-0.15, -0.1) is 0 Å². The molecule has 0 bridgehead atoms. The van der Waals surface area contributed by atoms with Gasteiger partial charge in [0.15, 0.2) is 0 Å². The second-order valence-corrected chi connectivity index (χ2v) is 5.70. The minimum Gasteiger partial charge on any atom is -0.355 e. The molecule has 3 rings (SSSR count). The van der Waals surface area contributed by atoms with Gasteiger partial charge in [0.25, 0.3) is 0 Å². The van der Waals surface area contributed by atoms with Gasteiger partial charge >= 0.3 is 0 Å². The molecule has 0 unspecified atom stereocenters. The molecule has 0 N–H and O–H groups in total. The Morgan fingerprint density at radius 2 is 1.86 bits per heavy atom. The van der Waals surface area contributed by atoms with E-state index in [4.69, 9.17) is 0 Å². The predicted molar refractivity (Wildman–Crippen MR) is 85.0 cm³/mol. The average molecular weight is 277 g/mol. The first-order valence-electron chi connectivity index (χ1n) is 7.49. The minimum atomic E-state index is 0.693. The molecule has 3 nitrogen and oxygen atoms in total. The van der Waals surface area contributed by atoms with E-state index in [9.17, 15) is 5.26 Å². The second kappa shape index (κ2) is 5.97. The maximum Gasteiger partial charge on any atom is 0.147 e. The van der Waals surface area contributed by atoms with Crippen molar-refractivity contribution in [3.05, 3.63) is 48.2 Å². The van der Waals surface area contributed by atoms with Crippen molar-refractivity contribution in [2.75, 3.05) is 18.0 Å². The van der Waals surface area contributed by atoms with Gasteiger partial charge in [0, 0.05) is 24.8 Å². The third kappa shape index (κ3) is 2.75. The van der Waals surface area contributed by atoms with Gasteiger partial charge in [-0.05, 0) is 30.4 Å². The molecule has 0 amide bonds. The fourth-order valence-electron chi connectivity index (χ4n) is 2.88. The van der Waals surface area contributed by atoms with Gasteiger partial charge in [-0.1, -0.05) is 37.3 Å². The van der Waals surface area contributed by atoms with Crippen LogP contribution in [0.2, 0.25) is 0 Å². The summed E-state index contributed by atoms with van der Waals surface area (Å²) in [5, 5.41) is 9.63. The Labute approximate surface area is 125 Å². The van der Waals surface area contributed by atoms with E-state index in [0.29, 0.717) is 5.56 Å². The molecule has 2 aromatic rings. The van der Waals surface area contributed by atoms with E-state index in [2.05, 4.69) is 22.9 Å². The summed E-state index contributed by atoms with van der Waals surface area (Å²) in [4.78, 5) is 6.74. The summed E-state index contributed by atoms with van der Waals surface area (Å²) in [6.07, 6.45) is 4.15. The van der Waals surface area contributed by atoms with Gasteiger partial charge in [-0.25, -0.2) is 4.98 Å². The largest absolute Gasteiger partial charge is 0.355 e. The fourth-order valence-corrected chi connectivity index (χ4v) is 2.88. The van der Waals surface area contributed by atoms with Crippen LogP contribution in [0.1, 0.15) is 25.3 Å². The van der Waals surface area contributed by atoms with Crippen LogP contribution in [0.5, 0.6) is 0 Å². The van der Waals surface area contributed by atoms with Crippen molar-refractivity contribution in [2.24, 2.45) is 5.92 Å². The molecule has 1 saturated heterocycles. The molecule has 1 aromatic carbocycles. The molecule has 1 aromatic heterocycles. The summed E-state index contributed by atoms with van der Waals surface area (Å²) in [5.74, 6) is 1.61. The van der Waals surface area contributed by atoms with Crippen molar-refractivity contribution >= 4 is 5.82 Å². The lowest BCUT2D eigenvalue weighted by Crippen LogP contribution is -2.34. The van der Waals surface area contributed by atoms with E-state index in [1.165, 1.54) is 12.8 Å². The van der Waals surface area contributed by atoms with Crippen LogP contribution in [-0.4, -0.2) is 18.1 Å². The SMILES string of the molecule is CC1CCN(c2nccc(-c3ccccc3)c2C#N)CC1. The molecule has 106 valence electrons. The standard InChI is InChI=1S/C18H19N3/c1-14-8-11-21(12-9-14)18-17(13-19)16(7-10-20-18)15-5-3-2-4-6-15/h2-7,10,14H,8-9,11-12H2,1H3. The zero-order valence-corrected chi connectivity index (χ0v) is 12.3. The van der Waals surface area contributed by atoms with E-state index >= 15 is 0 Å². The summed E-state index contributed by atoms with van der Waals surface area (Å²) in [7, 11) is 0. The van der Waals surface area contributed by atoms with Crippen molar-refractivity contribution < 1.29 is 0 Å². The van der Waals surface area contributed by atoms with Crippen LogP contribution in [0.3, 0.4) is 0 Å². The molecule has 0 spiro atoms. The van der Waals surface area contributed by atoms with E-state index in [0.717, 1.165) is 36.0 Å². The fraction of sp³-hybridized carbons (Fsp3) is 0.333. The number of hydrogen-bond acceptors (Lipinski definition) is 3. The molecule has 2 heterocycles. The van der Waals surface area contributed by atoms with Gasteiger partial charge in [-0.3, -0.25) is 0 Å². The zero-order chi connectivity index (χ0) is 14.7. The summed E-state index contributed by atoms with van der Waals surface area (Å²) in [5.41, 5.74) is 2.74. The maximum atomic E-state index is 9.63. The van der Waals surface area contributed by atoms with Gasteiger partial charge in [-0.2, -0.15) is 5.26 Å². The highest BCUT2D eigenvalue weighted by atomic mass is 15.2. The Hall–Kier alpha value is -2.34. The summed E-state index contributed by atoms with van der Waals surface area (Å²) < 4.78 is 0. The van der Waals surface area contributed by atoms with Gasteiger partial charge < -0.3 is 4.90 Å². The number of nitrogens with zero attached hydrogens (tertiary/aromatic N) is 3. The lowest BCUT2D eigenvalue weighted by molar-refractivity contribution is 0.436. The molecule has 1 fully saturated rings. The topological polar surface area (TPSA) is 39.9 Å². The zero-order valence-electron chi connectivity index (χ0n) is 12.3. The van der Waals surface area contributed by atoms with Crippen LogP contribution in [-0.2, 0) is 0 Å². The summed E-state index contributed by atoms with van der Waals surface area (Å²) in [6, 6.07) is 14.4. The molecule has 1 aliphatic heterocycles. The van der Waals surface area contributed by atoms with Crippen LogP contribution < -0.4 is 4.90 Å². The van der Waals surface area contributed by atoms with E-state index in [1.807, 2.05) is 42.6 Å². The van der Waals surface area contributed by atoms with E-state index in [1.54, 1.807) is 0 Å². The monoisotopic (exact) mass is 277 g/mol. The van der Waals surface area contributed by atoms with Crippen molar-refractivity contribution in [2.45, 2.75) is 19.8 Å². The summed E-state index contributed by atoms with van der Waals surface area (Å²) >= 11 is 0. The normalized spacial score (nSPS) is 15.7. The molecule has 1 aliphatic rings. The van der Waals surface area contributed by atoms with Gasteiger partial charge in [0.05, 0.1) is 0 Å². The molecule has 0 saturated carbocycles. The van der Waals surface area contributed by atoms with E-state index < -0.39 is 0 Å². The van der Waals surface area contributed by atoms with Crippen LogP contribution in [0.25, 0.3) is 11.1 Å². The minimum absolute atomic E-state index is 0.693. The van der Waals surface area contributed by atoms with Crippen LogP contribution in [0, 0.1) is 17.2 Å². The molecule has 21 heavy (non-hydrogen) atoms. The first-order chi connectivity index (χ1) is 10.3. The van der Waals surface area contributed by atoms with Gasteiger partial charge in [0.1, 0.15) is 17.5 Å². The highest BCUT2D eigenvalue weighted by molar-refractivity contribution is 5.76. The Morgan fingerprint density at radius 1 is 1.14 bits per heavy atom. The number of nitriles is 1. The Morgan fingerprint density at radius 3 is 2.52 bits per heavy atom. The Bertz CT molecular complexity index is 650. The maximum absolute atomic E-state index is 9.63. The highest BCUT2D eigenvalue weighted by Gasteiger charge is 2.21. The van der Waals surface area contributed by atoms with Crippen molar-refractivity contribution in [1.82, 2.24) is 4.98 Å². The van der Waals surface area contributed by atoms with Crippen LogP contribution in [0.4, 0.5) is 5.82 Å². The average Bonchev–Trinajstić information content (AvgIpc) is 2.55. The Balaban J connectivity index is 2.01. The molecular formula is C18H19N3. The number of hydrogen-bond donors (Lipinski definition) is 0. The number of pyridine rings is 1. The molecule has 0 radical (unpaired) electrons. The predicted octanol–water partition coefficient (Wildman–Crippen LogP) is 3.86. The molecular weight excluding hydrogens is 258 g/mol. The molecule has 3 heteroatoms. The van der Waals surface area contributed by atoms with Crippen LogP contribution in [0.15, 0.2) is 42.6 Å². The Kier molecular flexibility index (Phi) is 3.87. The smallest absolute Gasteiger partial charge is 0.147 e. The highest BCUT2D eigenvalue weighted by Crippen LogP contribution is 2.31. The number of piperidine rings is 1. The quantitative estimate of drug-likeness (QED) is 0.837. The van der Waals surface area contributed by atoms with E-state index in [-0.39, 0.29) is 0 Å². The third-order valence-electron chi connectivity index (χ3n) is 4.21. The molecule has 0 aliphatic carbocycles. The third-order valence-corrected chi connectivity index (χ3v) is 4.21.